The summed E-state index contributed by atoms with van der Waals surface area (Å²) < 4.78 is 16.5. The van der Waals surface area contributed by atoms with Gasteiger partial charge in [-0.05, 0) is 43.5 Å². The molecular weight excluding hydrogens is 358 g/mol. The molecule has 1 heterocycles. The standard InChI is InChI=1S/C22H25NO5/c24-21(23-13-7-2-8-14-23)17-28-22(25)19-11-5-6-12-20(19)27-16-15-26-18-9-3-1-4-10-18/h1,3-6,9-12H,2,7-8,13-17H2. The second kappa shape index (κ2) is 10.3. The van der Waals surface area contributed by atoms with Gasteiger partial charge >= 0.3 is 5.97 Å². The minimum Gasteiger partial charge on any atom is -0.490 e. The summed E-state index contributed by atoms with van der Waals surface area (Å²) >= 11 is 0. The maximum Gasteiger partial charge on any atom is 0.342 e. The molecule has 0 atom stereocenters. The molecule has 0 N–H and O–H groups in total. The van der Waals surface area contributed by atoms with Crippen LogP contribution in [0.3, 0.4) is 0 Å². The van der Waals surface area contributed by atoms with E-state index in [0.29, 0.717) is 17.9 Å². The van der Waals surface area contributed by atoms with Crippen molar-refractivity contribution in [2.75, 3.05) is 32.9 Å². The minimum atomic E-state index is -0.565. The summed E-state index contributed by atoms with van der Waals surface area (Å²) in [5.74, 6) is 0.456. The molecule has 148 valence electrons. The number of rotatable bonds is 8. The lowest BCUT2D eigenvalue weighted by atomic mass is 10.1. The Balaban J connectivity index is 1.48. The molecular formula is C22H25NO5. The molecule has 0 saturated carbocycles. The van der Waals surface area contributed by atoms with E-state index in [1.807, 2.05) is 30.3 Å². The van der Waals surface area contributed by atoms with Crippen molar-refractivity contribution in [1.29, 1.82) is 0 Å². The molecule has 0 unspecified atom stereocenters. The summed E-state index contributed by atoms with van der Waals surface area (Å²) in [5.41, 5.74) is 0.300. The van der Waals surface area contributed by atoms with Crippen molar-refractivity contribution in [3.8, 4) is 11.5 Å². The predicted octanol–water partition coefficient (Wildman–Crippen LogP) is 3.31. The van der Waals surface area contributed by atoms with Crippen molar-refractivity contribution in [3.63, 3.8) is 0 Å². The number of esters is 1. The summed E-state index contributed by atoms with van der Waals surface area (Å²) in [6.07, 6.45) is 3.14. The monoisotopic (exact) mass is 383 g/mol. The normalized spacial score (nSPS) is 13.6. The third kappa shape index (κ3) is 5.74. The van der Waals surface area contributed by atoms with Gasteiger partial charge in [0.05, 0.1) is 0 Å². The molecule has 0 spiro atoms. The molecule has 2 aromatic carbocycles. The molecule has 28 heavy (non-hydrogen) atoms. The van der Waals surface area contributed by atoms with Crippen LogP contribution in [0.5, 0.6) is 11.5 Å². The maximum absolute atomic E-state index is 12.4. The molecule has 1 aliphatic rings. The number of amides is 1. The predicted molar refractivity (Wildman–Crippen MR) is 105 cm³/mol. The quantitative estimate of drug-likeness (QED) is 0.517. The number of carbonyl (C=O) groups is 2. The van der Waals surface area contributed by atoms with Crippen LogP contribution in [0.15, 0.2) is 54.6 Å². The zero-order valence-corrected chi connectivity index (χ0v) is 15.8. The Morgan fingerprint density at radius 2 is 1.50 bits per heavy atom. The summed E-state index contributed by atoms with van der Waals surface area (Å²) in [6.45, 7) is 1.85. The SMILES string of the molecule is O=C(OCC(=O)N1CCCCC1)c1ccccc1OCCOc1ccccc1. The number of para-hydroxylation sites is 2. The van der Waals surface area contributed by atoms with Gasteiger partial charge in [-0.25, -0.2) is 4.79 Å². The second-order valence-corrected chi connectivity index (χ2v) is 6.52. The zero-order valence-electron chi connectivity index (χ0n) is 15.8. The van der Waals surface area contributed by atoms with Crippen LogP contribution in [0.2, 0.25) is 0 Å². The number of piperidine rings is 1. The number of hydrogen-bond acceptors (Lipinski definition) is 5. The van der Waals surface area contributed by atoms with Crippen LogP contribution < -0.4 is 9.47 Å². The van der Waals surface area contributed by atoms with Gasteiger partial charge in [0.15, 0.2) is 6.61 Å². The smallest absolute Gasteiger partial charge is 0.342 e. The Labute approximate surface area is 165 Å². The molecule has 0 aromatic heterocycles. The Bertz CT molecular complexity index is 772. The van der Waals surface area contributed by atoms with E-state index in [-0.39, 0.29) is 19.1 Å². The fourth-order valence-electron chi connectivity index (χ4n) is 3.03. The number of carbonyl (C=O) groups excluding carboxylic acids is 2. The van der Waals surface area contributed by atoms with Crippen molar-refractivity contribution in [2.45, 2.75) is 19.3 Å². The second-order valence-electron chi connectivity index (χ2n) is 6.52. The Morgan fingerprint density at radius 3 is 2.29 bits per heavy atom. The van der Waals surface area contributed by atoms with Crippen molar-refractivity contribution in [2.24, 2.45) is 0 Å². The fraction of sp³-hybridized carbons (Fsp3) is 0.364. The third-order valence-electron chi connectivity index (χ3n) is 4.50. The molecule has 0 radical (unpaired) electrons. The lowest BCUT2D eigenvalue weighted by molar-refractivity contribution is -0.135. The van der Waals surface area contributed by atoms with Crippen molar-refractivity contribution >= 4 is 11.9 Å². The van der Waals surface area contributed by atoms with Gasteiger partial charge in [-0.15, -0.1) is 0 Å². The summed E-state index contributed by atoms with van der Waals surface area (Å²) in [4.78, 5) is 26.3. The van der Waals surface area contributed by atoms with Crippen molar-refractivity contribution in [3.05, 3.63) is 60.2 Å². The van der Waals surface area contributed by atoms with Gasteiger partial charge in [0.1, 0.15) is 30.3 Å². The van der Waals surface area contributed by atoms with Gasteiger partial charge in [0.25, 0.3) is 5.91 Å². The van der Waals surface area contributed by atoms with E-state index in [2.05, 4.69) is 0 Å². The number of nitrogens with zero attached hydrogens (tertiary/aromatic N) is 1. The van der Waals surface area contributed by atoms with Crippen LogP contribution in [0, 0.1) is 0 Å². The molecule has 6 nitrogen and oxygen atoms in total. The first-order chi connectivity index (χ1) is 13.7. The highest BCUT2D eigenvalue weighted by Gasteiger charge is 2.20. The number of likely N-dealkylation sites (tertiary alicyclic amines) is 1. The molecule has 1 amide bonds. The van der Waals surface area contributed by atoms with Crippen LogP contribution in [0.25, 0.3) is 0 Å². The lowest BCUT2D eigenvalue weighted by Crippen LogP contribution is -2.38. The van der Waals surface area contributed by atoms with Gasteiger partial charge in [-0.1, -0.05) is 30.3 Å². The molecule has 1 aliphatic heterocycles. The maximum atomic E-state index is 12.4. The van der Waals surface area contributed by atoms with Gasteiger partial charge in [0.2, 0.25) is 0 Å². The van der Waals surface area contributed by atoms with Gasteiger partial charge < -0.3 is 19.1 Å². The highest BCUT2D eigenvalue weighted by Crippen LogP contribution is 2.19. The first kappa shape index (κ1) is 19.7. The summed E-state index contributed by atoms with van der Waals surface area (Å²) in [6, 6.07) is 16.3. The first-order valence-corrected chi connectivity index (χ1v) is 9.58. The first-order valence-electron chi connectivity index (χ1n) is 9.58. The molecule has 3 rings (SSSR count). The largest absolute Gasteiger partial charge is 0.490 e. The topological polar surface area (TPSA) is 65.1 Å². The van der Waals surface area contributed by atoms with Crippen molar-refractivity contribution in [1.82, 2.24) is 4.90 Å². The van der Waals surface area contributed by atoms with Gasteiger partial charge in [-0.3, -0.25) is 4.79 Å². The van der Waals surface area contributed by atoms with Crippen molar-refractivity contribution < 1.29 is 23.8 Å². The molecule has 6 heteroatoms. The van der Waals surface area contributed by atoms with E-state index < -0.39 is 5.97 Å². The van der Waals surface area contributed by atoms with E-state index in [1.54, 1.807) is 29.2 Å². The summed E-state index contributed by atoms with van der Waals surface area (Å²) in [7, 11) is 0. The van der Waals surface area contributed by atoms with Gasteiger partial charge in [-0.2, -0.15) is 0 Å². The average Bonchev–Trinajstić information content (AvgIpc) is 2.76. The van der Waals surface area contributed by atoms with Crippen LogP contribution in [-0.2, 0) is 9.53 Å². The third-order valence-corrected chi connectivity index (χ3v) is 4.50. The minimum absolute atomic E-state index is 0.150. The highest BCUT2D eigenvalue weighted by molar-refractivity contribution is 5.94. The number of hydrogen-bond donors (Lipinski definition) is 0. The Morgan fingerprint density at radius 1 is 0.821 bits per heavy atom. The Kier molecular flexibility index (Phi) is 7.29. The number of benzene rings is 2. The van der Waals surface area contributed by atoms with E-state index in [0.717, 1.165) is 38.1 Å². The molecule has 0 bridgehead atoms. The van der Waals surface area contributed by atoms with E-state index in [4.69, 9.17) is 14.2 Å². The number of ether oxygens (including phenoxy) is 3. The van der Waals surface area contributed by atoms with Crippen LogP contribution in [0.4, 0.5) is 0 Å². The lowest BCUT2D eigenvalue weighted by Gasteiger charge is -2.26. The molecule has 1 saturated heterocycles. The molecule has 0 aliphatic carbocycles. The molecule has 1 fully saturated rings. The van der Waals surface area contributed by atoms with Gasteiger partial charge in [0, 0.05) is 13.1 Å². The van der Waals surface area contributed by atoms with E-state index in [1.165, 1.54) is 0 Å². The van der Waals surface area contributed by atoms with Crippen LogP contribution in [0.1, 0.15) is 29.6 Å². The average molecular weight is 383 g/mol. The van der Waals surface area contributed by atoms with Crippen LogP contribution >= 0.6 is 0 Å². The summed E-state index contributed by atoms with van der Waals surface area (Å²) in [5, 5.41) is 0. The van der Waals surface area contributed by atoms with Crippen LogP contribution in [-0.4, -0.2) is 49.7 Å². The Hall–Kier alpha value is -3.02. The fourth-order valence-corrected chi connectivity index (χ4v) is 3.03. The zero-order chi connectivity index (χ0) is 19.6. The van der Waals surface area contributed by atoms with E-state index in [9.17, 15) is 9.59 Å². The molecule has 2 aromatic rings. The van der Waals surface area contributed by atoms with E-state index >= 15 is 0 Å². The highest BCUT2D eigenvalue weighted by atomic mass is 16.5.